The van der Waals surface area contributed by atoms with Gasteiger partial charge in [0.2, 0.25) is 5.91 Å². The van der Waals surface area contributed by atoms with Gasteiger partial charge in [-0.1, -0.05) is 44.2 Å². The first kappa shape index (κ1) is 20.3. The maximum Gasteiger partial charge on any atom is 0.276 e. The maximum absolute atomic E-state index is 12.9. The Balaban J connectivity index is 1.91. The Morgan fingerprint density at radius 3 is 2.31 bits per heavy atom. The lowest BCUT2D eigenvalue weighted by Crippen LogP contribution is -2.29. The number of nitrogens with one attached hydrogen (secondary N) is 2. The highest BCUT2D eigenvalue weighted by molar-refractivity contribution is 6.11. The molecule has 0 saturated carbocycles. The van der Waals surface area contributed by atoms with Crippen molar-refractivity contribution < 1.29 is 9.59 Å². The van der Waals surface area contributed by atoms with Crippen LogP contribution >= 0.6 is 0 Å². The van der Waals surface area contributed by atoms with Gasteiger partial charge in [0.25, 0.3) is 11.5 Å². The molecule has 2 N–H and O–H groups in total. The fourth-order valence-electron chi connectivity index (χ4n) is 3.04. The SMILES string of the molecule is CNC(=O)Cc1ccc(NC(=O)c2nn(CC(C)C)c(=O)c3ccccc23)cc1. The lowest BCUT2D eigenvalue weighted by Gasteiger charge is -2.13. The number of amides is 2. The Labute approximate surface area is 168 Å². The second-order valence-corrected chi connectivity index (χ2v) is 7.28. The molecule has 3 aromatic rings. The molecule has 0 fully saturated rings. The Kier molecular flexibility index (Phi) is 6.07. The number of nitrogens with zero attached hydrogens (tertiary/aromatic N) is 2. The molecule has 7 nitrogen and oxygen atoms in total. The fraction of sp³-hybridized carbons (Fsp3) is 0.273. The minimum Gasteiger partial charge on any atom is -0.359 e. The Morgan fingerprint density at radius 1 is 1.03 bits per heavy atom. The number of carbonyl (C=O) groups excluding carboxylic acids is 2. The molecule has 1 heterocycles. The zero-order valence-corrected chi connectivity index (χ0v) is 16.7. The summed E-state index contributed by atoms with van der Waals surface area (Å²) in [5, 5.41) is 10.7. The molecule has 1 aromatic heterocycles. The topological polar surface area (TPSA) is 93.1 Å². The van der Waals surface area contributed by atoms with E-state index in [1.165, 1.54) is 4.68 Å². The minimum atomic E-state index is -0.391. The van der Waals surface area contributed by atoms with Gasteiger partial charge in [0.1, 0.15) is 0 Å². The quantitative estimate of drug-likeness (QED) is 0.674. The van der Waals surface area contributed by atoms with Crippen molar-refractivity contribution in [3.63, 3.8) is 0 Å². The highest BCUT2D eigenvalue weighted by Crippen LogP contribution is 2.17. The van der Waals surface area contributed by atoms with E-state index in [1.807, 2.05) is 13.8 Å². The van der Waals surface area contributed by atoms with Gasteiger partial charge in [-0.25, -0.2) is 4.68 Å². The molecule has 0 atom stereocenters. The van der Waals surface area contributed by atoms with E-state index in [4.69, 9.17) is 0 Å². The Bertz CT molecular complexity index is 1100. The number of anilines is 1. The molecule has 7 heteroatoms. The number of likely N-dealkylation sites (N-methyl/N-ethyl adjacent to an activating group) is 1. The molecule has 0 aliphatic heterocycles. The van der Waals surface area contributed by atoms with Gasteiger partial charge in [-0.2, -0.15) is 5.10 Å². The highest BCUT2D eigenvalue weighted by Gasteiger charge is 2.17. The van der Waals surface area contributed by atoms with Gasteiger partial charge in [-0.05, 0) is 29.7 Å². The summed E-state index contributed by atoms with van der Waals surface area (Å²) in [6, 6.07) is 14.0. The first-order valence-corrected chi connectivity index (χ1v) is 9.49. The summed E-state index contributed by atoms with van der Waals surface area (Å²) in [5.74, 6) is -0.257. The number of fused-ring (bicyclic) bond motifs is 1. The molecule has 0 bridgehead atoms. The summed E-state index contributed by atoms with van der Waals surface area (Å²) in [6.45, 7) is 4.41. The van der Waals surface area contributed by atoms with Crippen LogP contribution in [0, 0.1) is 5.92 Å². The third kappa shape index (κ3) is 4.68. The molecule has 0 aliphatic rings. The van der Waals surface area contributed by atoms with Crippen molar-refractivity contribution in [3.8, 4) is 0 Å². The Morgan fingerprint density at radius 2 is 1.69 bits per heavy atom. The molecular formula is C22H24N4O3. The summed E-state index contributed by atoms with van der Waals surface area (Å²) < 4.78 is 1.36. The van der Waals surface area contributed by atoms with E-state index in [0.717, 1.165) is 5.56 Å². The van der Waals surface area contributed by atoms with Crippen LogP contribution < -0.4 is 16.2 Å². The van der Waals surface area contributed by atoms with Crippen molar-refractivity contribution in [3.05, 3.63) is 70.1 Å². The third-order valence-corrected chi connectivity index (χ3v) is 4.48. The van der Waals surface area contributed by atoms with Crippen LogP contribution in [0.1, 0.15) is 29.9 Å². The summed E-state index contributed by atoms with van der Waals surface area (Å²) >= 11 is 0. The molecule has 3 rings (SSSR count). The minimum absolute atomic E-state index is 0.0788. The first-order valence-electron chi connectivity index (χ1n) is 9.49. The average Bonchev–Trinajstić information content (AvgIpc) is 2.71. The normalized spacial score (nSPS) is 10.9. The van der Waals surface area contributed by atoms with E-state index in [-0.39, 0.29) is 29.5 Å². The lowest BCUT2D eigenvalue weighted by atomic mass is 10.1. The first-order chi connectivity index (χ1) is 13.9. The van der Waals surface area contributed by atoms with Crippen molar-refractivity contribution in [2.45, 2.75) is 26.8 Å². The van der Waals surface area contributed by atoms with Crippen LogP contribution in [-0.4, -0.2) is 28.6 Å². The zero-order valence-electron chi connectivity index (χ0n) is 16.7. The molecule has 0 aliphatic carbocycles. The van der Waals surface area contributed by atoms with Crippen LogP contribution in [0.15, 0.2) is 53.3 Å². The van der Waals surface area contributed by atoms with Gasteiger partial charge in [-0.15, -0.1) is 0 Å². The maximum atomic E-state index is 12.9. The molecule has 2 amide bonds. The van der Waals surface area contributed by atoms with Crippen LogP contribution in [0.5, 0.6) is 0 Å². The van der Waals surface area contributed by atoms with E-state index >= 15 is 0 Å². The zero-order chi connectivity index (χ0) is 21.0. The van der Waals surface area contributed by atoms with Crippen molar-refractivity contribution in [1.29, 1.82) is 0 Å². The van der Waals surface area contributed by atoms with E-state index in [0.29, 0.717) is 23.0 Å². The highest BCUT2D eigenvalue weighted by atomic mass is 16.2. The molecule has 2 aromatic carbocycles. The van der Waals surface area contributed by atoms with Gasteiger partial charge in [0, 0.05) is 24.7 Å². The summed E-state index contributed by atoms with van der Waals surface area (Å²) in [4.78, 5) is 37.1. The van der Waals surface area contributed by atoms with E-state index in [1.54, 1.807) is 55.6 Å². The summed E-state index contributed by atoms with van der Waals surface area (Å²) in [5.41, 5.74) is 1.43. The van der Waals surface area contributed by atoms with Crippen LogP contribution in [0.4, 0.5) is 5.69 Å². The van der Waals surface area contributed by atoms with Crippen molar-refractivity contribution >= 4 is 28.3 Å². The third-order valence-electron chi connectivity index (χ3n) is 4.48. The number of hydrogen-bond acceptors (Lipinski definition) is 4. The molecule has 0 radical (unpaired) electrons. The standard InChI is InChI=1S/C22H24N4O3/c1-14(2)13-26-22(29)18-7-5-4-6-17(18)20(25-26)21(28)24-16-10-8-15(9-11-16)12-19(27)23-3/h4-11,14H,12-13H2,1-3H3,(H,23,27)(H,24,28). The van der Waals surface area contributed by atoms with Gasteiger partial charge in [0.05, 0.1) is 11.8 Å². The average molecular weight is 392 g/mol. The number of carbonyl (C=O) groups is 2. The van der Waals surface area contributed by atoms with Gasteiger partial charge in [0.15, 0.2) is 5.69 Å². The second-order valence-electron chi connectivity index (χ2n) is 7.28. The monoisotopic (exact) mass is 392 g/mol. The smallest absolute Gasteiger partial charge is 0.276 e. The molecule has 150 valence electrons. The molecule has 0 unspecified atom stereocenters. The van der Waals surface area contributed by atoms with Gasteiger partial charge in [-0.3, -0.25) is 14.4 Å². The molecule has 0 saturated heterocycles. The van der Waals surface area contributed by atoms with Crippen LogP contribution in [0.3, 0.4) is 0 Å². The predicted molar refractivity (Wildman–Crippen MR) is 113 cm³/mol. The van der Waals surface area contributed by atoms with E-state index in [2.05, 4.69) is 15.7 Å². The van der Waals surface area contributed by atoms with Crippen LogP contribution in [-0.2, 0) is 17.8 Å². The number of aromatic nitrogens is 2. The number of benzene rings is 2. The predicted octanol–water partition coefficient (Wildman–Crippen LogP) is 2.59. The number of rotatable bonds is 6. The van der Waals surface area contributed by atoms with Crippen molar-refractivity contribution in [2.24, 2.45) is 5.92 Å². The van der Waals surface area contributed by atoms with Crippen molar-refractivity contribution in [2.75, 3.05) is 12.4 Å². The van der Waals surface area contributed by atoms with Gasteiger partial charge < -0.3 is 10.6 Å². The Hall–Kier alpha value is -3.48. The summed E-state index contributed by atoms with van der Waals surface area (Å²) in [6.07, 6.45) is 0.275. The lowest BCUT2D eigenvalue weighted by molar-refractivity contribution is -0.119. The molecule has 29 heavy (non-hydrogen) atoms. The van der Waals surface area contributed by atoms with Crippen LogP contribution in [0.25, 0.3) is 10.8 Å². The number of hydrogen-bond donors (Lipinski definition) is 2. The fourth-order valence-corrected chi connectivity index (χ4v) is 3.04. The summed E-state index contributed by atoms with van der Waals surface area (Å²) in [7, 11) is 1.59. The van der Waals surface area contributed by atoms with Crippen LogP contribution in [0.2, 0.25) is 0 Å². The van der Waals surface area contributed by atoms with E-state index in [9.17, 15) is 14.4 Å². The molecular weight excluding hydrogens is 368 g/mol. The van der Waals surface area contributed by atoms with E-state index < -0.39 is 5.91 Å². The molecule has 0 spiro atoms. The second kappa shape index (κ2) is 8.68. The van der Waals surface area contributed by atoms with Crippen molar-refractivity contribution in [1.82, 2.24) is 15.1 Å². The van der Waals surface area contributed by atoms with Gasteiger partial charge >= 0.3 is 0 Å². The largest absolute Gasteiger partial charge is 0.359 e.